The van der Waals surface area contributed by atoms with E-state index >= 15 is 0 Å². The van der Waals surface area contributed by atoms with Crippen LogP contribution in [0.2, 0.25) is 5.02 Å². The summed E-state index contributed by atoms with van der Waals surface area (Å²) >= 11 is 6.21. The van der Waals surface area contributed by atoms with Gasteiger partial charge < -0.3 is 5.32 Å². The van der Waals surface area contributed by atoms with Crippen molar-refractivity contribution < 1.29 is 8.42 Å². The number of hydrogen-bond acceptors (Lipinski definition) is 5. The van der Waals surface area contributed by atoms with Crippen LogP contribution in [0.25, 0.3) is 27.5 Å². The number of aromatic nitrogens is 3. The molecule has 0 aliphatic heterocycles. The van der Waals surface area contributed by atoms with Gasteiger partial charge in [0.25, 0.3) is 10.0 Å². The molecule has 2 aromatic heterocycles. The first-order valence-electron chi connectivity index (χ1n) is 11.9. The van der Waals surface area contributed by atoms with Crippen molar-refractivity contribution in [2.75, 3.05) is 10.0 Å². The number of hydrogen-bond donors (Lipinski definition) is 2. The number of rotatable bonds is 7. The number of nitrogens with one attached hydrogen (secondary N) is 2. The van der Waals surface area contributed by atoms with E-state index < -0.39 is 10.0 Å². The van der Waals surface area contributed by atoms with E-state index in [1.54, 1.807) is 41.2 Å². The number of benzene rings is 4. The van der Waals surface area contributed by atoms with Crippen LogP contribution in [0.1, 0.15) is 5.56 Å². The molecule has 0 fully saturated rings. The monoisotopic (exact) mass is 539 g/mol. The molecule has 6 rings (SSSR count). The lowest BCUT2D eigenvalue weighted by Crippen LogP contribution is -2.13. The highest BCUT2D eigenvalue weighted by atomic mass is 35.5. The molecule has 2 heterocycles. The van der Waals surface area contributed by atoms with E-state index in [0.717, 1.165) is 38.7 Å². The summed E-state index contributed by atoms with van der Waals surface area (Å²) in [6, 6.07) is 31.4. The van der Waals surface area contributed by atoms with E-state index in [1.165, 1.54) is 0 Å². The molecule has 6 aromatic rings. The zero-order valence-electron chi connectivity index (χ0n) is 20.0. The number of nitrogens with zero attached hydrogens (tertiary/aromatic N) is 3. The fourth-order valence-electron chi connectivity index (χ4n) is 4.39. The summed E-state index contributed by atoms with van der Waals surface area (Å²) in [6.07, 6.45) is 1.71. The summed E-state index contributed by atoms with van der Waals surface area (Å²) < 4.78 is 30.1. The van der Waals surface area contributed by atoms with Gasteiger partial charge in [-0.15, -0.1) is 5.10 Å². The third-order valence-corrected chi connectivity index (χ3v) is 7.84. The molecule has 0 spiro atoms. The van der Waals surface area contributed by atoms with Crippen LogP contribution in [0, 0.1) is 0 Å². The Balaban J connectivity index is 1.21. The quantitative estimate of drug-likeness (QED) is 0.222. The highest BCUT2D eigenvalue weighted by Gasteiger charge is 2.16. The normalized spacial score (nSPS) is 11.6. The second kappa shape index (κ2) is 9.81. The fourth-order valence-corrected chi connectivity index (χ4v) is 5.55. The largest absolute Gasteiger partial charge is 0.381 e. The van der Waals surface area contributed by atoms with Crippen LogP contribution in [-0.2, 0) is 16.6 Å². The van der Waals surface area contributed by atoms with Gasteiger partial charge in [0, 0.05) is 40.3 Å². The topological polar surface area (TPSA) is 88.9 Å². The van der Waals surface area contributed by atoms with Crippen molar-refractivity contribution >= 4 is 54.9 Å². The Labute approximate surface area is 224 Å². The van der Waals surface area contributed by atoms with Crippen molar-refractivity contribution in [1.82, 2.24) is 14.8 Å². The number of anilines is 2. The molecule has 0 amide bonds. The maximum Gasteiger partial charge on any atom is 0.263 e. The van der Waals surface area contributed by atoms with Gasteiger partial charge in [-0.25, -0.2) is 18.1 Å². The molecule has 0 aliphatic rings. The summed E-state index contributed by atoms with van der Waals surface area (Å²) in [5.74, 6) is 0.243. The fraction of sp³-hybridized carbons (Fsp3) is 0.0345. The molecule has 4 aromatic carbocycles. The molecule has 0 saturated heterocycles. The Hall–Kier alpha value is -4.40. The van der Waals surface area contributed by atoms with Crippen LogP contribution in [0.5, 0.6) is 0 Å². The van der Waals surface area contributed by atoms with Crippen molar-refractivity contribution in [2.24, 2.45) is 0 Å². The van der Waals surface area contributed by atoms with Crippen LogP contribution in [-0.4, -0.2) is 23.2 Å². The Kier molecular flexibility index (Phi) is 6.19. The zero-order valence-corrected chi connectivity index (χ0v) is 21.6. The van der Waals surface area contributed by atoms with Gasteiger partial charge in [-0.1, -0.05) is 54.1 Å². The van der Waals surface area contributed by atoms with Gasteiger partial charge in [-0.2, -0.15) is 0 Å². The molecule has 0 saturated carbocycles. The minimum absolute atomic E-state index is 0.145. The van der Waals surface area contributed by atoms with Gasteiger partial charge in [0.05, 0.1) is 21.6 Å². The second-order valence-corrected chi connectivity index (χ2v) is 10.9. The molecular weight excluding hydrogens is 518 g/mol. The molecule has 2 N–H and O–H groups in total. The summed E-state index contributed by atoms with van der Waals surface area (Å²) in [6.45, 7) is 0.530. The molecule has 0 radical (unpaired) electrons. The lowest BCUT2D eigenvalue weighted by molar-refractivity contribution is 0.601. The molecule has 7 nitrogen and oxygen atoms in total. The molecule has 188 valence electrons. The number of pyridine rings is 1. The molecule has 38 heavy (non-hydrogen) atoms. The van der Waals surface area contributed by atoms with Crippen LogP contribution >= 0.6 is 11.6 Å². The van der Waals surface area contributed by atoms with E-state index in [0.29, 0.717) is 11.6 Å². The maximum absolute atomic E-state index is 13.0. The van der Waals surface area contributed by atoms with Gasteiger partial charge in [-0.3, -0.25) is 4.72 Å². The highest BCUT2D eigenvalue weighted by molar-refractivity contribution is 7.92. The minimum Gasteiger partial charge on any atom is -0.381 e. The Morgan fingerprint density at radius 2 is 1.53 bits per heavy atom. The van der Waals surface area contributed by atoms with Crippen molar-refractivity contribution in [3.8, 4) is 5.69 Å². The van der Waals surface area contributed by atoms with Crippen LogP contribution < -0.4 is 10.0 Å². The molecule has 0 unspecified atom stereocenters. The van der Waals surface area contributed by atoms with Crippen molar-refractivity contribution in [3.05, 3.63) is 120 Å². The Morgan fingerprint density at radius 3 is 2.34 bits per heavy atom. The smallest absolute Gasteiger partial charge is 0.263 e. The van der Waals surface area contributed by atoms with Crippen LogP contribution in [0.3, 0.4) is 0 Å². The van der Waals surface area contributed by atoms with Gasteiger partial charge in [0.2, 0.25) is 0 Å². The van der Waals surface area contributed by atoms with E-state index in [1.807, 2.05) is 72.8 Å². The minimum atomic E-state index is -3.80. The predicted octanol–water partition coefficient (Wildman–Crippen LogP) is 6.64. The standard InChI is InChI=1S/C29H22ClN5O2S/c30-20-10-15-25-26(24-8-4-5-9-27(24)32-28(25)18-20)19-31-21-11-13-23(14-12-21)38(36,37)34-29-16-17-35(33-29)22-6-2-1-3-7-22/h1-18,31H,19H2,(H,33,34). The van der Waals surface area contributed by atoms with Gasteiger partial charge >= 0.3 is 0 Å². The first-order chi connectivity index (χ1) is 18.5. The van der Waals surface area contributed by atoms with Crippen LogP contribution in [0.4, 0.5) is 11.5 Å². The first-order valence-corrected chi connectivity index (χ1v) is 13.8. The van der Waals surface area contributed by atoms with Crippen molar-refractivity contribution in [2.45, 2.75) is 11.4 Å². The number of para-hydroxylation sites is 2. The van der Waals surface area contributed by atoms with E-state index in [9.17, 15) is 8.42 Å². The first kappa shape index (κ1) is 24.0. The second-order valence-electron chi connectivity index (χ2n) is 8.73. The Morgan fingerprint density at radius 1 is 0.789 bits per heavy atom. The lowest BCUT2D eigenvalue weighted by Gasteiger charge is -2.13. The summed E-state index contributed by atoms with van der Waals surface area (Å²) in [5, 5.41) is 10.4. The molecule has 0 atom stereocenters. The maximum atomic E-state index is 13.0. The Bertz CT molecular complexity index is 1870. The van der Waals surface area contributed by atoms with Crippen molar-refractivity contribution in [1.29, 1.82) is 0 Å². The van der Waals surface area contributed by atoms with Gasteiger partial charge in [-0.05, 0) is 60.2 Å². The lowest BCUT2D eigenvalue weighted by atomic mass is 10.0. The SMILES string of the molecule is O=S(=O)(Nc1ccn(-c2ccccc2)n1)c1ccc(NCc2c3ccccc3nc3cc(Cl)ccc23)cc1. The molecule has 9 heteroatoms. The van der Waals surface area contributed by atoms with Gasteiger partial charge in [0.15, 0.2) is 5.82 Å². The average Bonchev–Trinajstić information content (AvgIpc) is 3.39. The number of sulfonamides is 1. The third-order valence-electron chi connectivity index (χ3n) is 6.24. The molecule has 0 bridgehead atoms. The third kappa shape index (κ3) is 4.79. The predicted molar refractivity (Wildman–Crippen MR) is 152 cm³/mol. The summed E-state index contributed by atoms with van der Waals surface area (Å²) in [5.41, 5.74) is 4.44. The van der Waals surface area contributed by atoms with Crippen molar-refractivity contribution in [3.63, 3.8) is 0 Å². The summed E-state index contributed by atoms with van der Waals surface area (Å²) in [4.78, 5) is 4.90. The average molecular weight is 540 g/mol. The van der Waals surface area contributed by atoms with E-state index in [-0.39, 0.29) is 10.7 Å². The van der Waals surface area contributed by atoms with Crippen LogP contribution in [0.15, 0.2) is 114 Å². The number of fused-ring (bicyclic) bond motifs is 2. The van der Waals surface area contributed by atoms with E-state index in [4.69, 9.17) is 16.6 Å². The van der Waals surface area contributed by atoms with Gasteiger partial charge in [0.1, 0.15) is 0 Å². The highest BCUT2D eigenvalue weighted by Crippen LogP contribution is 2.29. The summed E-state index contributed by atoms with van der Waals surface area (Å²) in [7, 11) is -3.80. The van der Waals surface area contributed by atoms with E-state index in [2.05, 4.69) is 15.1 Å². The zero-order chi connectivity index (χ0) is 26.1. The number of halogens is 1. The molecule has 0 aliphatic carbocycles. The molecular formula is C29H22ClN5O2S.